The first-order chi connectivity index (χ1) is 41.9. The number of aliphatic carboxylic acids is 3. The number of aliphatic hydroxyl groups excluding tert-OH is 1. The Bertz CT molecular complexity index is 2820. The summed E-state index contributed by atoms with van der Waals surface area (Å²) in [5, 5.41) is 50.8. The molecule has 2 aromatic rings. The number of nitrogens with one attached hydrogen (secondary N) is 4. The molecule has 25 nitrogen and oxygen atoms in total. The molecule has 3 heterocycles. The molecule has 2 bridgehead atoms. The number of carbonyl (C=O) groups excluding carboxylic acids is 9. The molecule has 88 heavy (non-hydrogen) atoms. The maximum atomic E-state index is 14.9. The van der Waals surface area contributed by atoms with Crippen LogP contribution in [-0.4, -0.2) is 180 Å². The molecule has 0 spiro atoms. The maximum Gasteiger partial charge on any atom is 0.306 e. The number of hydrogen-bond acceptors (Lipinski definition) is 16. The number of guanidine groups is 1. The summed E-state index contributed by atoms with van der Waals surface area (Å²) in [6.45, 7) is 3.65. The van der Waals surface area contributed by atoms with Gasteiger partial charge in [0, 0.05) is 74.7 Å². The van der Waals surface area contributed by atoms with Crippen LogP contribution in [0.3, 0.4) is 0 Å². The van der Waals surface area contributed by atoms with Crippen LogP contribution in [0.5, 0.6) is 0 Å². The lowest BCUT2D eigenvalue weighted by molar-refractivity contribution is -0.148. The second kappa shape index (κ2) is 36.2. The van der Waals surface area contributed by atoms with Crippen molar-refractivity contribution in [1.29, 1.82) is 0 Å². The SMILES string of the molecule is CCCCCC(=O)C[C@H]1CSCc2cccc(c2)CSC[C@@H](C(=O)N[C@@H](CC(=O)O)C(=O)C[C@@H](CCCN=C(N)N)C(=O)O)CC(=O)[C@H](Cc2ccccc2)NC(=O)[C@H](CCC(=O)O)NC(=O)[C@H]([C@@H](C)O)NC(=O)[C@@H]2CCCN2C(=O)[C@@H]2CCCN2C1=O. The highest BCUT2D eigenvalue weighted by molar-refractivity contribution is 7.98. The predicted molar refractivity (Wildman–Crippen MR) is 328 cm³/mol. The average molecular weight is 1260 g/mol. The minimum absolute atomic E-state index is 0.0415. The summed E-state index contributed by atoms with van der Waals surface area (Å²) >= 11 is 2.66. The highest BCUT2D eigenvalue weighted by Gasteiger charge is 2.45. The van der Waals surface area contributed by atoms with E-state index < -0.39 is 151 Å². The number of carboxylic acids is 3. The van der Waals surface area contributed by atoms with E-state index in [-0.39, 0.29) is 86.6 Å². The molecule has 12 N–H and O–H groups in total. The number of benzene rings is 2. The van der Waals surface area contributed by atoms with Crippen LogP contribution in [0.25, 0.3) is 0 Å². The van der Waals surface area contributed by atoms with Gasteiger partial charge >= 0.3 is 17.9 Å². The predicted octanol–water partition coefficient (Wildman–Crippen LogP) is 2.50. The Morgan fingerprint density at radius 1 is 0.739 bits per heavy atom. The van der Waals surface area contributed by atoms with Gasteiger partial charge in [0.15, 0.2) is 17.5 Å². The number of nitrogens with zero attached hydrogens (tertiary/aromatic N) is 3. The number of unbranched alkanes of at least 4 members (excludes halogenated alkanes) is 2. The van der Waals surface area contributed by atoms with Crippen LogP contribution in [0.4, 0.5) is 0 Å². The Morgan fingerprint density at radius 2 is 1.39 bits per heavy atom. The molecule has 2 aromatic carbocycles. The van der Waals surface area contributed by atoms with Crippen LogP contribution >= 0.6 is 23.5 Å². The van der Waals surface area contributed by atoms with Gasteiger partial charge in [-0.3, -0.25) is 62.5 Å². The van der Waals surface area contributed by atoms with Crippen LogP contribution in [0.1, 0.15) is 133 Å². The fraction of sp³-hybridized carbons (Fsp3) is 0.590. The molecule has 6 amide bonds. The second-order valence-electron chi connectivity index (χ2n) is 22.8. The molecule has 3 aliphatic heterocycles. The molecule has 5 rings (SSSR count). The van der Waals surface area contributed by atoms with Gasteiger partial charge in [-0.1, -0.05) is 74.4 Å². The van der Waals surface area contributed by atoms with Crippen molar-refractivity contribution >= 4 is 100 Å². The van der Waals surface area contributed by atoms with Crippen LogP contribution in [0.15, 0.2) is 59.6 Å². The van der Waals surface area contributed by atoms with Crippen molar-refractivity contribution in [2.45, 2.75) is 177 Å². The van der Waals surface area contributed by atoms with Gasteiger partial charge in [-0.25, -0.2) is 0 Å². The highest BCUT2D eigenvalue weighted by atomic mass is 32.2. The number of hydrogen-bond donors (Lipinski definition) is 10. The fourth-order valence-electron chi connectivity index (χ4n) is 11.0. The van der Waals surface area contributed by atoms with Gasteiger partial charge in [-0.2, -0.15) is 23.5 Å². The van der Waals surface area contributed by atoms with Crippen molar-refractivity contribution < 1.29 is 78.0 Å². The van der Waals surface area contributed by atoms with Gasteiger partial charge in [-0.15, -0.1) is 0 Å². The monoisotopic (exact) mass is 1260 g/mol. The van der Waals surface area contributed by atoms with Crippen LogP contribution in [0.2, 0.25) is 0 Å². The van der Waals surface area contributed by atoms with Crippen molar-refractivity contribution in [3.05, 3.63) is 71.3 Å². The zero-order valence-electron chi connectivity index (χ0n) is 49.9. The first-order valence-electron chi connectivity index (χ1n) is 30.0. The highest BCUT2D eigenvalue weighted by Crippen LogP contribution is 2.30. The summed E-state index contributed by atoms with van der Waals surface area (Å²) in [5.41, 5.74) is 12.9. The Labute approximate surface area is 520 Å². The Morgan fingerprint density at radius 3 is 2.01 bits per heavy atom. The molecule has 3 aliphatic rings. The molecule has 10 atom stereocenters. The summed E-state index contributed by atoms with van der Waals surface area (Å²) in [7, 11) is 0. The Kier molecular flexibility index (Phi) is 29.3. The number of amides is 6. The molecule has 27 heteroatoms. The summed E-state index contributed by atoms with van der Waals surface area (Å²) in [6.07, 6.45) is -1.23. The molecule has 2 saturated heterocycles. The molecule has 0 aliphatic carbocycles. The van der Waals surface area contributed by atoms with Crippen LogP contribution in [0, 0.1) is 17.8 Å². The Balaban J connectivity index is 1.54. The first-order valence-corrected chi connectivity index (χ1v) is 32.3. The molecule has 0 radical (unpaired) electrons. The second-order valence-corrected chi connectivity index (χ2v) is 24.8. The molecule has 482 valence electrons. The lowest BCUT2D eigenvalue weighted by Gasteiger charge is -2.33. The molecule has 0 aromatic heterocycles. The molecule has 2 fully saturated rings. The van der Waals surface area contributed by atoms with E-state index in [0.717, 1.165) is 24.0 Å². The third-order valence-corrected chi connectivity index (χ3v) is 18.1. The summed E-state index contributed by atoms with van der Waals surface area (Å²) in [4.78, 5) is 172. The van der Waals surface area contributed by atoms with Crippen LogP contribution in [-0.2, 0) is 75.5 Å². The van der Waals surface area contributed by atoms with E-state index in [4.69, 9.17) is 11.5 Å². The third-order valence-electron chi connectivity index (χ3n) is 15.7. The number of Topliss-reactive ketones (excluding diaryl/α,β-unsaturated/α-hetero) is 3. The van der Waals surface area contributed by atoms with Gasteiger partial charge in [0.05, 0.1) is 42.4 Å². The maximum absolute atomic E-state index is 14.9. The van der Waals surface area contributed by atoms with E-state index in [1.165, 1.54) is 40.2 Å². The van der Waals surface area contributed by atoms with Gasteiger partial charge in [0.2, 0.25) is 35.4 Å². The minimum atomic E-state index is -1.77. The van der Waals surface area contributed by atoms with Crippen molar-refractivity contribution in [3.63, 3.8) is 0 Å². The number of ketones is 3. The van der Waals surface area contributed by atoms with Crippen molar-refractivity contribution in [2.24, 2.45) is 34.2 Å². The standard InChI is InChI=1S/C61H85N9O16S2/c1-3-4-6-18-43(72)28-42-35-88-33-39-16-9-15-38(26-39)32-87-34-41(54(79)66-46(31-52(77)78)49(73)29-40(60(85)86)17-10-23-64-61(62)63)30-50(74)45(27-37-13-7-5-8-14-37)67-55(80)44(21-22-51(75)76)65-57(82)53(36(2)71)68-56(81)47-19-11-24-69(47)59(84)48-20-12-25-70(48)58(42)83/h5,7-9,13-16,26,36,40-42,44-48,53,71H,3-4,6,10-12,17-25,27-35H2,1-2H3,(H,65,82)(H,66,79)(H,67,80)(H,68,81)(H,75,76)(H,77,78)(H,85,86)(H4,62,63,64)/t36-,40-,41+,42+,44+,45+,46+,47+,48+,53+/m1/s1. The number of carboxylic acid groups (broad SMARTS) is 3. The third kappa shape index (κ3) is 23.0. The largest absolute Gasteiger partial charge is 0.481 e. The first kappa shape index (κ1) is 71.4. The van der Waals surface area contributed by atoms with Crippen molar-refractivity contribution in [1.82, 2.24) is 31.1 Å². The summed E-state index contributed by atoms with van der Waals surface area (Å²) in [5.74, 6) is -13.6. The topological polar surface area (TPSA) is 405 Å². The Hall–Kier alpha value is -7.39. The van der Waals surface area contributed by atoms with E-state index in [1.807, 2.05) is 31.2 Å². The fourth-order valence-corrected chi connectivity index (χ4v) is 13.2. The van der Waals surface area contributed by atoms with E-state index >= 15 is 0 Å². The van der Waals surface area contributed by atoms with E-state index in [0.29, 0.717) is 43.4 Å². The lowest BCUT2D eigenvalue weighted by Crippen LogP contribution is -2.61. The minimum Gasteiger partial charge on any atom is -0.481 e. The van der Waals surface area contributed by atoms with Gasteiger partial charge in [-0.05, 0) is 81.4 Å². The number of thioether (sulfide) groups is 2. The zero-order chi connectivity index (χ0) is 64.5. The zero-order valence-corrected chi connectivity index (χ0v) is 51.6. The van der Waals surface area contributed by atoms with Gasteiger partial charge < -0.3 is 63.0 Å². The van der Waals surface area contributed by atoms with Crippen molar-refractivity contribution in [2.75, 3.05) is 31.1 Å². The van der Waals surface area contributed by atoms with E-state index in [1.54, 1.807) is 30.3 Å². The number of rotatable bonds is 24. The number of aliphatic hydroxyl groups is 1. The normalized spacial score (nSPS) is 23.1. The molecule has 0 unspecified atom stereocenters. The molecular weight excluding hydrogens is 1180 g/mol. The smallest absolute Gasteiger partial charge is 0.306 e. The molecular formula is C61H85N9O16S2. The molecule has 0 saturated carbocycles. The number of aliphatic imine (C=N–C) groups is 1. The lowest BCUT2D eigenvalue weighted by atomic mass is 9.92. The number of fused-ring (bicyclic) bond motifs is 4. The van der Waals surface area contributed by atoms with Crippen LogP contribution < -0.4 is 32.7 Å². The van der Waals surface area contributed by atoms with E-state index in [9.17, 15) is 78.0 Å². The number of nitrogens with two attached hydrogens (primary N) is 2. The average Bonchev–Trinajstić information content (AvgIpc) is 2.79. The van der Waals surface area contributed by atoms with Gasteiger partial charge in [0.1, 0.15) is 30.0 Å². The van der Waals surface area contributed by atoms with Crippen molar-refractivity contribution in [3.8, 4) is 0 Å². The summed E-state index contributed by atoms with van der Waals surface area (Å²) < 4.78 is 0. The summed E-state index contributed by atoms with van der Waals surface area (Å²) in [6, 6.07) is 7.08. The van der Waals surface area contributed by atoms with Gasteiger partial charge in [0.25, 0.3) is 0 Å². The quantitative estimate of drug-likeness (QED) is 0.0410. The van der Waals surface area contributed by atoms with E-state index in [2.05, 4.69) is 26.3 Å². The number of carbonyl (C=O) groups is 12.